The van der Waals surface area contributed by atoms with E-state index in [1.165, 1.54) is 10.6 Å². The molecule has 0 saturated carbocycles. The molecule has 10 rings (SSSR count). The van der Waals surface area contributed by atoms with Gasteiger partial charge < -0.3 is 45.2 Å². The topological polar surface area (TPSA) is 250 Å². The lowest BCUT2D eigenvalue weighted by Crippen LogP contribution is -2.44. The first kappa shape index (κ1) is 52.8. The summed E-state index contributed by atoms with van der Waals surface area (Å²) >= 11 is 0. The van der Waals surface area contributed by atoms with Crippen molar-refractivity contribution in [2.45, 2.75) is 102 Å². The number of aromatic nitrogens is 2. The highest BCUT2D eigenvalue weighted by molar-refractivity contribution is 5.95. The monoisotopic (exact) mass is 1060 g/mol. The van der Waals surface area contributed by atoms with Crippen LogP contribution in [-0.2, 0) is 69.8 Å². The third kappa shape index (κ3) is 10.4. The number of Topliss-reactive ketones (excluding diaryl/α,β-unsaturated/α-hetero) is 2. The number of nitrogens with one attached hydrogen (secondary N) is 4. The molecule has 0 fully saturated rings. The van der Waals surface area contributed by atoms with Crippen LogP contribution >= 0.6 is 0 Å². The van der Waals surface area contributed by atoms with Crippen molar-refractivity contribution in [2.75, 3.05) is 26.3 Å². The van der Waals surface area contributed by atoms with Gasteiger partial charge in [0.15, 0.2) is 17.2 Å². The normalized spacial score (nSPS) is 16.8. The molecule has 6 aromatic rings. The van der Waals surface area contributed by atoms with Crippen molar-refractivity contribution >= 4 is 52.4 Å². The van der Waals surface area contributed by atoms with Gasteiger partial charge in [-0.3, -0.25) is 24.0 Å². The number of aliphatic hydroxyl groups is 1. The van der Waals surface area contributed by atoms with Crippen molar-refractivity contribution in [3.63, 3.8) is 0 Å². The lowest BCUT2D eigenvalue weighted by molar-refractivity contribution is -0.172. The summed E-state index contributed by atoms with van der Waals surface area (Å²) < 4.78 is 33.1. The number of hydrogen-bond acceptors (Lipinski definition) is 13. The summed E-state index contributed by atoms with van der Waals surface area (Å²) in [6.45, 7) is 2.43. The number of ketones is 2. The van der Waals surface area contributed by atoms with E-state index in [2.05, 4.69) is 21.3 Å². The van der Waals surface area contributed by atoms with Crippen molar-refractivity contribution in [3.05, 3.63) is 157 Å². The van der Waals surface area contributed by atoms with Crippen LogP contribution in [0.3, 0.4) is 0 Å². The van der Waals surface area contributed by atoms with Crippen LogP contribution in [0.2, 0.25) is 0 Å². The predicted octanol–water partition coefficient (Wildman–Crippen LogP) is 6.32. The lowest BCUT2D eigenvalue weighted by atomic mass is 9.81. The van der Waals surface area contributed by atoms with Gasteiger partial charge in [0.2, 0.25) is 11.8 Å². The summed E-state index contributed by atoms with van der Waals surface area (Å²) in [7, 11) is 0. The van der Waals surface area contributed by atoms with Gasteiger partial charge in [-0.25, -0.2) is 23.8 Å². The molecular formula is C59H57FN6O12. The van der Waals surface area contributed by atoms with Crippen molar-refractivity contribution in [3.8, 4) is 22.5 Å². The highest BCUT2D eigenvalue weighted by atomic mass is 19.1. The molecule has 0 bridgehead atoms. The Morgan fingerprint density at radius 3 is 2.28 bits per heavy atom. The van der Waals surface area contributed by atoms with E-state index in [1.54, 1.807) is 44.2 Å². The molecule has 0 unspecified atom stereocenters. The maximum atomic E-state index is 15.4. The molecule has 18 nitrogen and oxygen atoms in total. The number of fused-ring (bicyclic) bond motifs is 8. The zero-order valence-electron chi connectivity index (χ0n) is 43.0. The van der Waals surface area contributed by atoms with Gasteiger partial charge in [0.05, 0.1) is 54.2 Å². The van der Waals surface area contributed by atoms with E-state index >= 15 is 4.39 Å². The lowest BCUT2D eigenvalue weighted by Gasteiger charge is -2.31. The largest absolute Gasteiger partial charge is 0.458 e. The molecule has 19 heteroatoms. The predicted molar refractivity (Wildman–Crippen MR) is 281 cm³/mol. The van der Waals surface area contributed by atoms with E-state index in [4.69, 9.17) is 19.2 Å². The van der Waals surface area contributed by atoms with Crippen LogP contribution in [0.15, 0.2) is 95.8 Å². The molecular weight excluding hydrogens is 1000 g/mol. The molecule has 402 valence electrons. The molecule has 4 heterocycles. The van der Waals surface area contributed by atoms with Gasteiger partial charge in [-0.15, -0.1) is 0 Å². The second-order valence-corrected chi connectivity index (χ2v) is 20.0. The van der Waals surface area contributed by atoms with Gasteiger partial charge in [0.1, 0.15) is 25.6 Å². The summed E-state index contributed by atoms with van der Waals surface area (Å²) in [4.78, 5) is 110. The second-order valence-electron chi connectivity index (χ2n) is 20.0. The number of alkyl carbamates (subject to hydrolysis) is 2. The number of pyridine rings is 2. The molecule has 5 N–H and O–H groups in total. The minimum atomic E-state index is -2.05. The minimum absolute atomic E-state index is 0.0439. The second kappa shape index (κ2) is 22.2. The molecule has 4 amide bonds. The number of carbonyl (C=O) groups is 7. The van der Waals surface area contributed by atoms with Crippen LogP contribution in [-0.4, -0.2) is 88.5 Å². The third-order valence-corrected chi connectivity index (χ3v) is 15.3. The van der Waals surface area contributed by atoms with E-state index in [1.807, 2.05) is 54.6 Å². The van der Waals surface area contributed by atoms with Gasteiger partial charge >= 0.3 is 18.2 Å². The summed E-state index contributed by atoms with van der Waals surface area (Å²) in [5.74, 6) is -3.36. The van der Waals surface area contributed by atoms with E-state index in [9.17, 15) is 43.5 Å². The summed E-state index contributed by atoms with van der Waals surface area (Å²) in [5, 5.41) is 22.8. The number of cyclic esters (lactones) is 1. The van der Waals surface area contributed by atoms with Crippen LogP contribution in [0.1, 0.15) is 107 Å². The third-order valence-electron chi connectivity index (χ3n) is 15.3. The number of hydrogen-bond donors (Lipinski definition) is 5. The number of rotatable bonds is 19. The zero-order chi connectivity index (χ0) is 54.8. The average molecular weight is 1060 g/mol. The number of esters is 1. The van der Waals surface area contributed by atoms with Crippen LogP contribution in [0.4, 0.5) is 14.0 Å². The molecule has 0 spiro atoms. The Morgan fingerprint density at radius 2 is 1.55 bits per heavy atom. The number of amides is 4. The van der Waals surface area contributed by atoms with Crippen molar-refractivity contribution in [2.24, 2.45) is 0 Å². The number of halogens is 1. The summed E-state index contributed by atoms with van der Waals surface area (Å²) in [5.41, 5.74) is 6.22. The van der Waals surface area contributed by atoms with Crippen LogP contribution < -0.4 is 26.8 Å². The Bertz CT molecular complexity index is 3460. The first-order valence-electron chi connectivity index (χ1n) is 26.1. The number of ether oxygens (including phenoxy) is 3. The van der Waals surface area contributed by atoms with E-state index < -0.39 is 70.6 Å². The summed E-state index contributed by atoms with van der Waals surface area (Å²) in [6, 6.07) is 26.1. The SMILES string of the molecule is CC[C@@]1(O)C(=O)OCc2c1cc1n(c2=O)Cc2c-1nc1cc(F)c(C)c3c1c2[C@@H](NC(=O)OCCNC(=O)CCC(=O)[C@H](Cc1ccccc1)NC(=O)CCC(=O)CNC(=O)OCC1c2ccccc2-c2ccccc21)CC3. The van der Waals surface area contributed by atoms with Gasteiger partial charge in [-0.1, -0.05) is 85.8 Å². The number of nitrogens with zero attached hydrogens (tertiary/aromatic N) is 2. The minimum Gasteiger partial charge on any atom is -0.458 e. The van der Waals surface area contributed by atoms with Gasteiger partial charge in [0.25, 0.3) is 5.56 Å². The van der Waals surface area contributed by atoms with Gasteiger partial charge in [-0.05, 0) is 83.2 Å². The zero-order valence-corrected chi connectivity index (χ0v) is 43.0. The standard InChI is InChI=1S/C59H57FN6O12/c1-3-59(75)43-26-48-54-40(29-66(48)55(71)42(43)31-77-56(59)72)53-45(19-18-35-32(2)44(60)27-47(64-54)52(35)53)65-58(74)76-24-23-61-50(69)22-20-49(68)46(25-33-11-5-4-6-12-33)63-51(70)21-17-34(67)28-62-57(73)78-30-41-38-15-9-7-13-36(38)37-14-8-10-16-39(37)41/h4-16,26-27,41,45-46,75H,3,17-25,28-31H2,1-2H3,(H,61,69)(H,62,73)(H,63,70)(H,65,74)/t45-,46-,59-/m0/s1. The summed E-state index contributed by atoms with van der Waals surface area (Å²) in [6.07, 6.45) is -1.62. The molecule has 2 aromatic heterocycles. The fourth-order valence-electron chi connectivity index (χ4n) is 11.2. The maximum absolute atomic E-state index is 15.4. The Labute approximate surface area is 447 Å². The van der Waals surface area contributed by atoms with Crippen LogP contribution in [0.25, 0.3) is 33.4 Å². The molecule has 2 aliphatic heterocycles. The average Bonchev–Trinajstić information content (AvgIpc) is 3.92. The maximum Gasteiger partial charge on any atom is 0.407 e. The Hall–Kier alpha value is -8.58. The Kier molecular flexibility index (Phi) is 15.0. The van der Waals surface area contributed by atoms with E-state index in [-0.39, 0.29) is 95.0 Å². The number of benzene rings is 4. The number of aryl methyl sites for hydroxylation is 1. The Morgan fingerprint density at radius 1 is 0.846 bits per heavy atom. The number of carbonyl (C=O) groups excluding carboxylic acids is 7. The fraction of sp³-hybridized carbons (Fsp3) is 0.339. The van der Waals surface area contributed by atoms with Crippen LogP contribution in [0, 0.1) is 12.7 Å². The Balaban J connectivity index is 0.700. The van der Waals surface area contributed by atoms with Gasteiger partial charge in [-0.2, -0.15) is 0 Å². The van der Waals surface area contributed by atoms with Crippen molar-refractivity contribution < 1.29 is 57.3 Å². The van der Waals surface area contributed by atoms with Crippen molar-refractivity contribution in [1.29, 1.82) is 0 Å². The molecule has 4 aromatic carbocycles. The smallest absolute Gasteiger partial charge is 0.407 e. The van der Waals surface area contributed by atoms with Crippen LogP contribution in [0.5, 0.6) is 0 Å². The molecule has 4 aliphatic rings. The highest BCUT2D eigenvalue weighted by Gasteiger charge is 2.46. The first-order valence-corrected chi connectivity index (χ1v) is 26.1. The van der Waals surface area contributed by atoms with E-state index in [0.717, 1.165) is 33.4 Å². The quantitative estimate of drug-likeness (QED) is 0.0338. The first-order chi connectivity index (χ1) is 37.6. The van der Waals surface area contributed by atoms with E-state index in [0.29, 0.717) is 51.8 Å². The van der Waals surface area contributed by atoms with Gasteiger partial charge in [0, 0.05) is 54.2 Å². The molecule has 0 saturated heterocycles. The van der Waals surface area contributed by atoms with Crippen molar-refractivity contribution in [1.82, 2.24) is 30.8 Å². The fourth-order valence-corrected chi connectivity index (χ4v) is 11.2. The molecule has 0 radical (unpaired) electrons. The molecule has 3 atom stereocenters. The molecule has 2 aliphatic carbocycles. The highest BCUT2D eigenvalue weighted by Crippen LogP contribution is 2.47. The molecule has 78 heavy (non-hydrogen) atoms.